The number of carboxylic acid groups (broad SMARTS) is 1. The van der Waals surface area contributed by atoms with Gasteiger partial charge in [-0.1, -0.05) is 12.8 Å². The zero-order valence-electron chi connectivity index (χ0n) is 10.0. The van der Waals surface area contributed by atoms with Gasteiger partial charge < -0.3 is 10.0 Å². The number of hydrogen-bond donors (Lipinski definition) is 2. The summed E-state index contributed by atoms with van der Waals surface area (Å²) in [6, 6.07) is 0.394. The largest absolute Gasteiger partial charge is 0.480 e. The van der Waals surface area contributed by atoms with Crippen LogP contribution >= 0.6 is 0 Å². The van der Waals surface area contributed by atoms with Crippen molar-refractivity contribution in [3.8, 4) is 0 Å². The number of hydrogen-bond acceptors (Lipinski definition) is 3. The summed E-state index contributed by atoms with van der Waals surface area (Å²) in [7, 11) is 2.12. The van der Waals surface area contributed by atoms with Crippen molar-refractivity contribution in [3.63, 3.8) is 0 Å². The molecule has 2 N–H and O–H groups in total. The van der Waals surface area contributed by atoms with Crippen LogP contribution in [0.4, 0.5) is 0 Å². The number of nitrogens with one attached hydrogen (secondary N) is 1. The number of carboxylic acids is 1. The Morgan fingerprint density at radius 3 is 2.38 bits per heavy atom. The molecule has 1 saturated heterocycles. The monoisotopic (exact) mass is 226 g/mol. The van der Waals surface area contributed by atoms with Gasteiger partial charge in [-0.2, -0.15) is 0 Å². The highest BCUT2D eigenvalue weighted by Gasteiger charge is 2.42. The number of aliphatic carboxylic acids is 1. The maximum Gasteiger partial charge on any atom is 0.323 e. The van der Waals surface area contributed by atoms with Crippen molar-refractivity contribution in [1.82, 2.24) is 10.2 Å². The quantitative estimate of drug-likeness (QED) is 0.756. The van der Waals surface area contributed by atoms with Gasteiger partial charge in [0.1, 0.15) is 5.54 Å². The molecular weight excluding hydrogens is 204 g/mol. The lowest BCUT2D eigenvalue weighted by Crippen LogP contribution is -2.56. The first-order valence-corrected chi connectivity index (χ1v) is 6.32. The average molecular weight is 226 g/mol. The van der Waals surface area contributed by atoms with Crippen LogP contribution in [-0.4, -0.2) is 47.7 Å². The summed E-state index contributed by atoms with van der Waals surface area (Å²) in [5, 5.41) is 12.8. The zero-order valence-corrected chi connectivity index (χ0v) is 10.0. The molecule has 0 aromatic rings. The fourth-order valence-corrected chi connectivity index (χ4v) is 2.94. The van der Waals surface area contributed by atoms with Crippen LogP contribution in [0.3, 0.4) is 0 Å². The van der Waals surface area contributed by atoms with E-state index in [9.17, 15) is 9.90 Å². The minimum atomic E-state index is -0.649. The van der Waals surface area contributed by atoms with E-state index in [0.717, 1.165) is 51.6 Å². The van der Waals surface area contributed by atoms with Gasteiger partial charge in [0.2, 0.25) is 0 Å². The molecule has 4 nitrogen and oxygen atoms in total. The molecule has 1 aliphatic heterocycles. The van der Waals surface area contributed by atoms with Crippen molar-refractivity contribution in [2.45, 2.75) is 50.1 Å². The van der Waals surface area contributed by atoms with Crippen LogP contribution in [0, 0.1) is 0 Å². The van der Waals surface area contributed by atoms with E-state index in [0.29, 0.717) is 6.04 Å². The van der Waals surface area contributed by atoms with E-state index in [1.165, 1.54) is 0 Å². The SMILES string of the molecule is CN1CCC(NC2(C(=O)O)CCCC2)CC1. The van der Waals surface area contributed by atoms with Gasteiger partial charge in [0.15, 0.2) is 0 Å². The van der Waals surface area contributed by atoms with Gasteiger partial charge in [0.25, 0.3) is 0 Å². The first-order chi connectivity index (χ1) is 7.62. The Kier molecular flexibility index (Phi) is 3.50. The number of nitrogens with zero attached hydrogens (tertiary/aromatic N) is 1. The van der Waals surface area contributed by atoms with Crippen LogP contribution in [0.15, 0.2) is 0 Å². The highest BCUT2D eigenvalue weighted by molar-refractivity contribution is 5.79. The van der Waals surface area contributed by atoms with Crippen LogP contribution in [0.5, 0.6) is 0 Å². The van der Waals surface area contributed by atoms with Gasteiger partial charge in [0.05, 0.1) is 0 Å². The van der Waals surface area contributed by atoms with E-state index in [4.69, 9.17) is 0 Å². The molecule has 0 spiro atoms. The Morgan fingerprint density at radius 1 is 1.31 bits per heavy atom. The molecule has 2 aliphatic rings. The Morgan fingerprint density at radius 2 is 1.88 bits per heavy atom. The van der Waals surface area contributed by atoms with Crippen LogP contribution in [0.2, 0.25) is 0 Å². The molecule has 0 radical (unpaired) electrons. The molecule has 16 heavy (non-hydrogen) atoms. The summed E-state index contributed by atoms with van der Waals surface area (Å²) < 4.78 is 0. The van der Waals surface area contributed by atoms with Gasteiger partial charge in [-0.05, 0) is 45.8 Å². The van der Waals surface area contributed by atoms with Gasteiger partial charge in [0, 0.05) is 6.04 Å². The predicted octanol–water partition coefficient (Wildman–Crippen LogP) is 1.07. The minimum Gasteiger partial charge on any atom is -0.480 e. The number of rotatable bonds is 3. The second-order valence-electron chi connectivity index (χ2n) is 5.32. The Labute approximate surface area is 97.0 Å². The lowest BCUT2D eigenvalue weighted by atomic mass is 9.94. The zero-order chi connectivity index (χ0) is 11.6. The van der Waals surface area contributed by atoms with Gasteiger partial charge >= 0.3 is 5.97 Å². The number of piperidine rings is 1. The minimum absolute atomic E-state index is 0.394. The second-order valence-corrected chi connectivity index (χ2v) is 5.32. The molecule has 2 fully saturated rings. The van der Waals surface area contributed by atoms with Crippen molar-refractivity contribution >= 4 is 5.97 Å². The molecule has 0 amide bonds. The third-order valence-electron chi connectivity index (χ3n) is 4.07. The predicted molar refractivity (Wildman–Crippen MR) is 62.5 cm³/mol. The maximum atomic E-state index is 11.4. The molecule has 0 aromatic heterocycles. The summed E-state index contributed by atoms with van der Waals surface area (Å²) in [5.41, 5.74) is -0.611. The molecular formula is C12H22N2O2. The summed E-state index contributed by atoms with van der Waals surface area (Å²) in [6.45, 7) is 2.15. The molecule has 2 rings (SSSR count). The third-order valence-corrected chi connectivity index (χ3v) is 4.07. The van der Waals surface area contributed by atoms with Crippen molar-refractivity contribution in [3.05, 3.63) is 0 Å². The molecule has 0 aromatic carbocycles. The van der Waals surface area contributed by atoms with Crippen molar-refractivity contribution < 1.29 is 9.90 Å². The van der Waals surface area contributed by atoms with E-state index >= 15 is 0 Å². The third kappa shape index (κ3) is 2.38. The highest BCUT2D eigenvalue weighted by atomic mass is 16.4. The number of likely N-dealkylation sites (tertiary alicyclic amines) is 1. The van der Waals surface area contributed by atoms with Gasteiger partial charge in [-0.15, -0.1) is 0 Å². The van der Waals surface area contributed by atoms with Crippen LogP contribution in [-0.2, 0) is 4.79 Å². The van der Waals surface area contributed by atoms with E-state index in [2.05, 4.69) is 17.3 Å². The standard InChI is InChI=1S/C12H22N2O2/c1-14-8-4-10(5-9-14)13-12(11(15)16)6-2-3-7-12/h10,13H,2-9H2,1H3,(H,15,16). The highest BCUT2D eigenvalue weighted by Crippen LogP contribution is 2.31. The fourth-order valence-electron chi connectivity index (χ4n) is 2.94. The molecule has 0 unspecified atom stereocenters. The number of carbonyl (C=O) groups is 1. The van der Waals surface area contributed by atoms with E-state index < -0.39 is 11.5 Å². The lowest BCUT2D eigenvalue weighted by Gasteiger charge is -2.36. The van der Waals surface area contributed by atoms with Crippen LogP contribution in [0.25, 0.3) is 0 Å². The van der Waals surface area contributed by atoms with Gasteiger partial charge in [-0.25, -0.2) is 0 Å². The molecule has 4 heteroatoms. The van der Waals surface area contributed by atoms with Crippen LogP contribution < -0.4 is 5.32 Å². The van der Waals surface area contributed by atoms with E-state index in [1.807, 2.05) is 0 Å². The molecule has 1 heterocycles. The normalized spacial score (nSPS) is 27.1. The van der Waals surface area contributed by atoms with Crippen molar-refractivity contribution in [2.24, 2.45) is 0 Å². The molecule has 92 valence electrons. The Balaban J connectivity index is 1.93. The molecule has 1 saturated carbocycles. The van der Waals surface area contributed by atoms with Crippen molar-refractivity contribution in [2.75, 3.05) is 20.1 Å². The summed E-state index contributed by atoms with van der Waals surface area (Å²) in [4.78, 5) is 13.7. The van der Waals surface area contributed by atoms with Crippen LogP contribution in [0.1, 0.15) is 38.5 Å². The first-order valence-electron chi connectivity index (χ1n) is 6.32. The van der Waals surface area contributed by atoms with Gasteiger partial charge in [-0.3, -0.25) is 10.1 Å². The van der Waals surface area contributed by atoms with E-state index in [1.54, 1.807) is 0 Å². The molecule has 1 aliphatic carbocycles. The maximum absolute atomic E-state index is 11.4. The van der Waals surface area contributed by atoms with E-state index in [-0.39, 0.29) is 0 Å². The smallest absolute Gasteiger partial charge is 0.323 e. The summed E-state index contributed by atoms with van der Waals surface area (Å²) >= 11 is 0. The topological polar surface area (TPSA) is 52.6 Å². The molecule has 0 bridgehead atoms. The lowest BCUT2D eigenvalue weighted by molar-refractivity contribution is -0.145. The second kappa shape index (κ2) is 4.72. The summed E-state index contributed by atoms with van der Waals surface area (Å²) in [5.74, 6) is -0.649. The Bertz CT molecular complexity index is 254. The summed E-state index contributed by atoms with van der Waals surface area (Å²) in [6.07, 6.45) is 5.85. The first kappa shape index (κ1) is 11.9. The molecule has 0 atom stereocenters. The van der Waals surface area contributed by atoms with Crippen molar-refractivity contribution in [1.29, 1.82) is 0 Å². The fraction of sp³-hybridized carbons (Fsp3) is 0.917. The average Bonchev–Trinajstić information content (AvgIpc) is 2.71. The Hall–Kier alpha value is -0.610.